The highest BCUT2D eigenvalue weighted by Crippen LogP contribution is 2.45. The summed E-state index contributed by atoms with van der Waals surface area (Å²) in [5.74, 6) is 1.14. The van der Waals surface area contributed by atoms with Crippen LogP contribution in [-0.2, 0) is 16.1 Å². The molecule has 2 aromatic heterocycles. The lowest BCUT2D eigenvalue weighted by Crippen LogP contribution is -2.44. The number of carbonyl (C=O) groups excluding carboxylic acids is 2. The molecule has 2 amide bonds. The summed E-state index contributed by atoms with van der Waals surface area (Å²) < 4.78 is 16.2. The zero-order valence-corrected chi connectivity index (χ0v) is 18.8. The Morgan fingerprint density at radius 3 is 2.56 bits per heavy atom. The lowest BCUT2D eigenvalue weighted by atomic mass is 10.0. The molecule has 1 aliphatic carbocycles. The third-order valence-corrected chi connectivity index (χ3v) is 6.49. The summed E-state index contributed by atoms with van der Waals surface area (Å²) in [6, 6.07) is 3.69. The molecule has 0 spiro atoms. The van der Waals surface area contributed by atoms with E-state index in [1.807, 2.05) is 26.8 Å². The van der Waals surface area contributed by atoms with Gasteiger partial charge in [-0.3, -0.25) is 4.90 Å². The van der Waals surface area contributed by atoms with Crippen molar-refractivity contribution in [2.45, 2.75) is 51.9 Å². The minimum Gasteiger partial charge on any atom is -0.481 e. The largest absolute Gasteiger partial charge is 0.481 e. The standard InChI is InChI=1S/C23H28N4O5/c1-23(2,3)32-21(28)26-10-13-7-16(8-14(13)11-26)27-19-15(12-31-22(27)29)9-24-20-17(19)5-6-18(25-20)30-4/h5-6,9,13-14,16H,7-8,10-12H2,1-4H3. The van der Waals surface area contributed by atoms with E-state index in [0.29, 0.717) is 36.5 Å². The van der Waals surface area contributed by atoms with Gasteiger partial charge in [-0.1, -0.05) is 0 Å². The van der Waals surface area contributed by atoms with Crippen LogP contribution < -0.4 is 9.64 Å². The quantitative estimate of drug-likeness (QED) is 0.702. The Labute approximate surface area is 186 Å². The Bertz CT molecular complexity index is 1070. The number of aromatic nitrogens is 2. The van der Waals surface area contributed by atoms with Gasteiger partial charge in [0.15, 0.2) is 5.65 Å². The molecule has 3 aliphatic rings. The van der Waals surface area contributed by atoms with E-state index in [-0.39, 0.29) is 24.8 Å². The maximum absolute atomic E-state index is 12.9. The van der Waals surface area contributed by atoms with Gasteiger partial charge in [0, 0.05) is 42.3 Å². The molecule has 32 heavy (non-hydrogen) atoms. The molecule has 170 valence electrons. The van der Waals surface area contributed by atoms with Gasteiger partial charge in [0.2, 0.25) is 5.88 Å². The Hall–Kier alpha value is -3.10. The van der Waals surface area contributed by atoms with Crippen molar-refractivity contribution in [3.63, 3.8) is 0 Å². The third-order valence-electron chi connectivity index (χ3n) is 6.49. The highest BCUT2D eigenvalue weighted by atomic mass is 16.6. The molecule has 9 heteroatoms. The number of amides is 2. The van der Waals surface area contributed by atoms with Crippen LogP contribution in [0, 0.1) is 11.8 Å². The number of nitrogens with zero attached hydrogens (tertiary/aromatic N) is 4. The van der Waals surface area contributed by atoms with Gasteiger partial charge in [-0.05, 0) is 51.5 Å². The molecular formula is C23H28N4O5. The van der Waals surface area contributed by atoms with E-state index in [4.69, 9.17) is 14.2 Å². The van der Waals surface area contributed by atoms with Crippen LogP contribution in [-0.4, -0.2) is 58.9 Å². The molecule has 2 fully saturated rings. The van der Waals surface area contributed by atoms with E-state index in [9.17, 15) is 9.59 Å². The smallest absolute Gasteiger partial charge is 0.414 e. The fraction of sp³-hybridized carbons (Fsp3) is 0.565. The summed E-state index contributed by atoms with van der Waals surface area (Å²) in [5.41, 5.74) is 1.73. The van der Waals surface area contributed by atoms with E-state index in [1.54, 1.807) is 29.2 Å². The Morgan fingerprint density at radius 1 is 1.19 bits per heavy atom. The molecule has 0 bridgehead atoms. The highest BCUT2D eigenvalue weighted by molar-refractivity contribution is 6.02. The Kier molecular flexibility index (Phi) is 4.87. The van der Waals surface area contributed by atoms with E-state index in [0.717, 1.165) is 29.5 Å². The predicted octanol–water partition coefficient (Wildman–Crippen LogP) is 3.74. The van der Waals surface area contributed by atoms with Gasteiger partial charge in [-0.15, -0.1) is 0 Å². The van der Waals surface area contributed by atoms with Gasteiger partial charge in [0.05, 0.1) is 12.8 Å². The topological polar surface area (TPSA) is 94.1 Å². The van der Waals surface area contributed by atoms with Crippen LogP contribution >= 0.6 is 0 Å². The Balaban J connectivity index is 1.39. The molecule has 9 nitrogen and oxygen atoms in total. The second kappa shape index (κ2) is 7.50. The normalized spacial score (nSPS) is 24.9. The molecule has 2 atom stereocenters. The average Bonchev–Trinajstić information content (AvgIpc) is 3.31. The summed E-state index contributed by atoms with van der Waals surface area (Å²) in [5, 5.41) is 0.812. The number of carbonyl (C=O) groups is 2. The molecule has 0 aromatic carbocycles. The third kappa shape index (κ3) is 3.59. The first-order valence-corrected chi connectivity index (χ1v) is 11.0. The van der Waals surface area contributed by atoms with E-state index in [1.165, 1.54) is 0 Å². The summed E-state index contributed by atoms with van der Waals surface area (Å²) in [6.07, 6.45) is 2.75. The monoisotopic (exact) mass is 440 g/mol. The zero-order chi connectivity index (χ0) is 22.6. The van der Waals surface area contributed by atoms with Crippen molar-refractivity contribution < 1.29 is 23.8 Å². The van der Waals surface area contributed by atoms with Crippen molar-refractivity contribution >= 4 is 28.9 Å². The van der Waals surface area contributed by atoms with E-state index < -0.39 is 5.60 Å². The number of hydrogen-bond donors (Lipinski definition) is 0. The van der Waals surface area contributed by atoms with Gasteiger partial charge >= 0.3 is 12.2 Å². The Morgan fingerprint density at radius 2 is 1.91 bits per heavy atom. The maximum atomic E-state index is 12.9. The summed E-state index contributed by atoms with van der Waals surface area (Å²) in [7, 11) is 1.56. The van der Waals surface area contributed by atoms with Crippen LogP contribution in [0.4, 0.5) is 15.3 Å². The average molecular weight is 441 g/mol. The summed E-state index contributed by atoms with van der Waals surface area (Å²) in [6.45, 7) is 7.14. The minimum atomic E-state index is -0.510. The van der Waals surface area contributed by atoms with E-state index in [2.05, 4.69) is 9.97 Å². The lowest BCUT2D eigenvalue weighted by molar-refractivity contribution is 0.0279. The van der Waals surface area contributed by atoms with Crippen molar-refractivity contribution in [1.29, 1.82) is 0 Å². The number of pyridine rings is 2. The van der Waals surface area contributed by atoms with Crippen molar-refractivity contribution in [2.75, 3.05) is 25.1 Å². The van der Waals surface area contributed by atoms with Crippen LogP contribution in [0.5, 0.6) is 5.88 Å². The lowest BCUT2D eigenvalue weighted by Gasteiger charge is -2.35. The van der Waals surface area contributed by atoms with Gasteiger partial charge in [-0.2, -0.15) is 4.98 Å². The SMILES string of the molecule is COc1ccc2c3c(cnc2n1)COC(=O)N3C1CC2CN(C(=O)OC(C)(C)C)CC2C1. The molecule has 1 saturated heterocycles. The molecule has 4 heterocycles. The van der Waals surface area contributed by atoms with Crippen molar-refractivity contribution in [2.24, 2.45) is 11.8 Å². The molecule has 2 aromatic rings. The molecule has 2 aliphatic heterocycles. The molecular weight excluding hydrogens is 412 g/mol. The van der Waals surface area contributed by atoms with Gasteiger partial charge in [-0.25, -0.2) is 14.6 Å². The van der Waals surface area contributed by atoms with Gasteiger partial charge in [0.25, 0.3) is 0 Å². The number of methoxy groups -OCH3 is 1. The molecule has 0 radical (unpaired) electrons. The van der Waals surface area contributed by atoms with Crippen LogP contribution in [0.2, 0.25) is 0 Å². The number of fused-ring (bicyclic) bond motifs is 4. The van der Waals surface area contributed by atoms with Crippen LogP contribution in [0.25, 0.3) is 11.0 Å². The number of likely N-dealkylation sites (tertiary alicyclic amines) is 1. The van der Waals surface area contributed by atoms with Gasteiger partial charge in [0.1, 0.15) is 12.2 Å². The number of ether oxygens (including phenoxy) is 3. The second-order valence-corrected chi connectivity index (χ2v) is 9.81. The second-order valence-electron chi connectivity index (χ2n) is 9.81. The maximum Gasteiger partial charge on any atom is 0.414 e. The fourth-order valence-corrected chi connectivity index (χ4v) is 5.18. The van der Waals surface area contributed by atoms with E-state index >= 15 is 0 Å². The predicted molar refractivity (Wildman–Crippen MR) is 117 cm³/mol. The number of rotatable bonds is 2. The van der Waals surface area contributed by atoms with Crippen LogP contribution in [0.15, 0.2) is 18.3 Å². The molecule has 0 N–H and O–H groups in total. The van der Waals surface area contributed by atoms with Crippen LogP contribution in [0.3, 0.4) is 0 Å². The zero-order valence-electron chi connectivity index (χ0n) is 18.8. The first kappa shape index (κ1) is 20.8. The van der Waals surface area contributed by atoms with Crippen molar-refractivity contribution in [3.8, 4) is 5.88 Å². The van der Waals surface area contributed by atoms with Crippen molar-refractivity contribution in [1.82, 2.24) is 14.9 Å². The van der Waals surface area contributed by atoms with Crippen LogP contribution in [0.1, 0.15) is 39.2 Å². The number of cyclic esters (lactones) is 1. The highest BCUT2D eigenvalue weighted by Gasteiger charge is 2.47. The minimum absolute atomic E-state index is 0.00466. The molecule has 1 saturated carbocycles. The van der Waals surface area contributed by atoms with Gasteiger partial charge < -0.3 is 19.1 Å². The fourth-order valence-electron chi connectivity index (χ4n) is 5.18. The number of anilines is 1. The molecule has 2 unspecified atom stereocenters. The van der Waals surface area contributed by atoms with Crippen molar-refractivity contribution in [3.05, 3.63) is 23.9 Å². The molecule has 5 rings (SSSR count). The first-order valence-electron chi connectivity index (χ1n) is 11.0. The number of hydrogen-bond acceptors (Lipinski definition) is 7. The summed E-state index contributed by atoms with van der Waals surface area (Å²) >= 11 is 0. The first-order chi connectivity index (χ1) is 15.2. The summed E-state index contributed by atoms with van der Waals surface area (Å²) in [4.78, 5) is 37.9.